The first-order valence-electron chi connectivity index (χ1n) is 8.40. The van der Waals surface area contributed by atoms with Crippen LogP contribution in [0.4, 0.5) is 0 Å². The van der Waals surface area contributed by atoms with Gasteiger partial charge in [-0.25, -0.2) is 4.83 Å². The van der Waals surface area contributed by atoms with Crippen LogP contribution in [0.15, 0.2) is 63.5 Å². The van der Waals surface area contributed by atoms with Crippen LogP contribution in [0.25, 0.3) is 0 Å². The molecular formula is C20H23BrN2O3S. The predicted molar refractivity (Wildman–Crippen MR) is 113 cm³/mol. The summed E-state index contributed by atoms with van der Waals surface area (Å²) >= 11 is 3.26. The fourth-order valence-electron chi connectivity index (χ4n) is 2.25. The number of hydrogen-bond acceptors (Lipinski definition) is 4. The molecular weight excluding hydrogens is 428 g/mol. The van der Waals surface area contributed by atoms with Gasteiger partial charge in [0.05, 0.1) is 11.1 Å². The van der Waals surface area contributed by atoms with Crippen molar-refractivity contribution in [1.29, 1.82) is 0 Å². The van der Waals surface area contributed by atoms with Crippen molar-refractivity contribution in [2.24, 2.45) is 5.10 Å². The molecule has 0 amide bonds. The van der Waals surface area contributed by atoms with E-state index in [1.807, 2.05) is 25.1 Å². The molecule has 1 N–H and O–H groups in total. The molecule has 0 saturated carbocycles. The number of aryl methyl sites for hydroxylation is 1. The first-order valence-corrected chi connectivity index (χ1v) is 10.7. The highest BCUT2D eigenvalue weighted by Gasteiger charge is 2.12. The van der Waals surface area contributed by atoms with E-state index < -0.39 is 10.0 Å². The van der Waals surface area contributed by atoms with Gasteiger partial charge in [0.1, 0.15) is 12.4 Å². The Balaban J connectivity index is 2.24. The Morgan fingerprint density at radius 1 is 1.26 bits per heavy atom. The first kappa shape index (κ1) is 21.2. The van der Waals surface area contributed by atoms with Gasteiger partial charge in [-0.2, -0.15) is 13.5 Å². The number of sulfonamides is 1. The third kappa shape index (κ3) is 6.22. The molecule has 2 aromatic carbocycles. The number of benzene rings is 2. The molecule has 2 aromatic rings. The molecule has 2 rings (SSSR count). The maximum atomic E-state index is 12.3. The largest absolute Gasteiger partial charge is 0.488 e. The molecule has 0 heterocycles. The van der Waals surface area contributed by atoms with Crippen LogP contribution in [0.5, 0.6) is 5.75 Å². The molecule has 7 heteroatoms. The van der Waals surface area contributed by atoms with Crippen molar-refractivity contribution in [3.63, 3.8) is 0 Å². The summed E-state index contributed by atoms with van der Waals surface area (Å²) in [7, 11) is -3.72. The first-order chi connectivity index (χ1) is 12.7. The van der Waals surface area contributed by atoms with E-state index >= 15 is 0 Å². The van der Waals surface area contributed by atoms with Crippen molar-refractivity contribution in [2.45, 2.75) is 31.6 Å². The van der Waals surface area contributed by atoms with Crippen molar-refractivity contribution in [3.8, 4) is 5.75 Å². The number of nitrogens with zero attached hydrogens (tertiary/aromatic N) is 1. The second-order valence-electron chi connectivity index (χ2n) is 6.42. The smallest absolute Gasteiger partial charge is 0.276 e. The summed E-state index contributed by atoms with van der Waals surface area (Å²) in [4.78, 5) is 2.40. The zero-order valence-corrected chi connectivity index (χ0v) is 18.0. The Kier molecular flexibility index (Phi) is 7.21. The van der Waals surface area contributed by atoms with Crippen molar-refractivity contribution in [3.05, 3.63) is 70.2 Å². The zero-order chi connectivity index (χ0) is 20.0. The van der Waals surface area contributed by atoms with Gasteiger partial charge in [-0.15, -0.1) is 0 Å². The highest BCUT2D eigenvalue weighted by molar-refractivity contribution is 9.11. The van der Waals surface area contributed by atoms with Crippen molar-refractivity contribution in [2.75, 3.05) is 6.61 Å². The van der Waals surface area contributed by atoms with Crippen LogP contribution >= 0.6 is 15.9 Å². The normalized spacial score (nSPS) is 11.7. The Morgan fingerprint density at radius 3 is 2.52 bits per heavy atom. The molecule has 0 fully saturated rings. The summed E-state index contributed by atoms with van der Waals surface area (Å²) in [5, 5.41) is 3.92. The fraction of sp³-hybridized carbons (Fsp3) is 0.250. The molecule has 0 saturated heterocycles. The Labute approximate surface area is 169 Å². The average molecular weight is 451 g/mol. The van der Waals surface area contributed by atoms with Crippen molar-refractivity contribution >= 4 is 32.2 Å². The predicted octanol–water partition coefficient (Wildman–Crippen LogP) is 4.72. The highest BCUT2D eigenvalue weighted by Crippen LogP contribution is 2.24. The van der Waals surface area contributed by atoms with E-state index in [0.717, 1.165) is 11.1 Å². The van der Waals surface area contributed by atoms with E-state index in [1.54, 1.807) is 24.3 Å². The summed E-state index contributed by atoms with van der Waals surface area (Å²) in [6.45, 7) is 10.1. The van der Waals surface area contributed by atoms with E-state index in [4.69, 9.17) is 4.74 Å². The average Bonchev–Trinajstić information content (AvgIpc) is 2.60. The third-order valence-corrected chi connectivity index (χ3v) is 5.26. The Hall–Kier alpha value is -2.12. The van der Waals surface area contributed by atoms with Gasteiger partial charge in [-0.05, 0) is 42.7 Å². The number of ether oxygens (including phenoxy) is 1. The molecule has 0 unspecified atom stereocenters. The maximum absolute atomic E-state index is 12.3. The molecule has 0 bridgehead atoms. The fourth-order valence-corrected chi connectivity index (χ4v) is 3.16. The van der Waals surface area contributed by atoms with Crippen LogP contribution in [0.1, 0.15) is 36.5 Å². The minimum Gasteiger partial charge on any atom is -0.488 e. The highest BCUT2D eigenvalue weighted by atomic mass is 79.9. The number of rotatable bonds is 8. The minimum atomic E-state index is -3.72. The van der Waals surface area contributed by atoms with E-state index in [2.05, 4.69) is 46.3 Å². The monoisotopic (exact) mass is 450 g/mol. The maximum Gasteiger partial charge on any atom is 0.276 e. The van der Waals surface area contributed by atoms with E-state index in [1.165, 1.54) is 6.21 Å². The molecule has 0 spiro atoms. The summed E-state index contributed by atoms with van der Waals surface area (Å²) in [6, 6.07) is 12.3. The lowest BCUT2D eigenvalue weighted by Crippen LogP contribution is -2.18. The number of halogens is 1. The molecule has 0 atom stereocenters. The lowest BCUT2D eigenvalue weighted by molar-refractivity contribution is 0.360. The lowest BCUT2D eigenvalue weighted by atomic mass is 10.0. The quantitative estimate of drug-likeness (QED) is 0.467. The second kappa shape index (κ2) is 9.19. The Morgan fingerprint density at radius 2 is 1.93 bits per heavy atom. The lowest BCUT2D eigenvalue weighted by Gasteiger charge is -2.12. The van der Waals surface area contributed by atoms with Gasteiger partial charge in [-0.3, -0.25) is 0 Å². The van der Waals surface area contributed by atoms with Crippen molar-refractivity contribution in [1.82, 2.24) is 4.83 Å². The van der Waals surface area contributed by atoms with Crippen LogP contribution in [0, 0.1) is 6.92 Å². The minimum absolute atomic E-state index is 0.160. The van der Waals surface area contributed by atoms with Crippen LogP contribution in [0.3, 0.4) is 0 Å². The number of nitrogens with one attached hydrogen (secondary N) is 1. The molecule has 0 aliphatic heterocycles. The number of hydrazone groups is 1. The van der Waals surface area contributed by atoms with Gasteiger partial charge < -0.3 is 4.74 Å². The van der Waals surface area contributed by atoms with Gasteiger partial charge >= 0.3 is 0 Å². The molecule has 0 aliphatic carbocycles. The summed E-state index contributed by atoms with van der Waals surface area (Å²) in [5.74, 6) is 0.917. The van der Waals surface area contributed by atoms with Gasteiger partial charge in [-0.1, -0.05) is 60.1 Å². The van der Waals surface area contributed by atoms with Gasteiger partial charge in [0, 0.05) is 10.0 Å². The molecule has 0 radical (unpaired) electrons. The Bertz CT molecular complexity index is 936. The second-order valence-corrected chi connectivity index (χ2v) is 9.21. The van der Waals surface area contributed by atoms with Crippen LogP contribution < -0.4 is 9.57 Å². The van der Waals surface area contributed by atoms with E-state index in [9.17, 15) is 8.42 Å². The zero-order valence-electron chi connectivity index (χ0n) is 15.6. The van der Waals surface area contributed by atoms with E-state index in [0.29, 0.717) is 28.3 Å². The van der Waals surface area contributed by atoms with Crippen LogP contribution in [-0.4, -0.2) is 21.2 Å². The SMILES string of the molecule is C=C(Br)COc1ccc(C(C)C)cc1/C=N/NS(=O)(=O)c1ccc(C)cc1. The summed E-state index contributed by atoms with van der Waals surface area (Å²) in [6.07, 6.45) is 1.45. The van der Waals surface area contributed by atoms with Crippen molar-refractivity contribution < 1.29 is 13.2 Å². The van der Waals surface area contributed by atoms with Crippen LogP contribution in [-0.2, 0) is 10.0 Å². The number of hydrogen-bond donors (Lipinski definition) is 1. The molecule has 144 valence electrons. The summed E-state index contributed by atoms with van der Waals surface area (Å²) in [5.41, 5.74) is 2.77. The topological polar surface area (TPSA) is 67.8 Å². The van der Waals surface area contributed by atoms with Gasteiger partial charge in [0.25, 0.3) is 10.0 Å². The standard InChI is InChI=1S/C20H23BrN2O3S/c1-14(2)17-7-10-20(26-13-16(4)21)18(11-17)12-22-23-27(24,25)19-8-5-15(3)6-9-19/h5-12,14,23H,4,13H2,1-3H3/b22-12+. The molecule has 27 heavy (non-hydrogen) atoms. The third-order valence-electron chi connectivity index (χ3n) is 3.79. The van der Waals surface area contributed by atoms with Crippen LogP contribution in [0.2, 0.25) is 0 Å². The molecule has 0 aromatic heterocycles. The summed E-state index contributed by atoms with van der Waals surface area (Å²) < 4.78 is 31.1. The van der Waals surface area contributed by atoms with Gasteiger partial charge in [0.15, 0.2) is 0 Å². The van der Waals surface area contributed by atoms with Gasteiger partial charge in [0.2, 0.25) is 0 Å². The molecule has 0 aliphatic rings. The molecule has 5 nitrogen and oxygen atoms in total. The van der Waals surface area contributed by atoms with E-state index in [-0.39, 0.29) is 4.90 Å².